The van der Waals surface area contributed by atoms with Crippen LogP contribution in [0.25, 0.3) is 0 Å². The highest BCUT2D eigenvalue weighted by Gasteiger charge is 2.12. The molecular weight excluding hydrogens is 132 g/mol. The third-order valence-electron chi connectivity index (χ3n) is 1.49. The summed E-state index contributed by atoms with van der Waals surface area (Å²) < 4.78 is 10.2. The fraction of sp³-hybridized carbons (Fsp3) is 0.857. The van der Waals surface area contributed by atoms with E-state index in [1.54, 1.807) is 0 Å². The van der Waals surface area contributed by atoms with E-state index in [0.717, 1.165) is 32.2 Å². The van der Waals surface area contributed by atoms with Gasteiger partial charge >= 0.3 is 0 Å². The number of carbonyl (C=O) groups is 1. The Morgan fingerprint density at radius 1 is 1.60 bits per heavy atom. The smallest absolute Gasteiger partial charge is 0.158 e. The molecule has 0 radical (unpaired) electrons. The molecule has 1 aliphatic heterocycles. The zero-order valence-corrected chi connectivity index (χ0v) is 5.91. The summed E-state index contributed by atoms with van der Waals surface area (Å²) in [4.78, 5) is 9.87. The number of hydrogen-bond donors (Lipinski definition) is 0. The summed E-state index contributed by atoms with van der Waals surface area (Å²) >= 11 is 0. The molecule has 0 aromatic heterocycles. The maximum Gasteiger partial charge on any atom is 0.158 e. The first kappa shape index (κ1) is 7.69. The van der Waals surface area contributed by atoms with Crippen LogP contribution in [0.2, 0.25) is 0 Å². The summed E-state index contributed by atoms with van der Waals surface area (Å²) in [5.74, 6) is 0. The average molecular weight is 144 g/mol. The third kappa shape index (κ3) is 2.45. The van der Waals surface area contributed by atoms with Crippen LogP contribution < -0.4 is 0 Å². The van der Waals surface area contributed by atoms with Gasteiger partial charge in [0.2, 0.25) is 0 Å². The van der Waals surface area contributed by atoms with Crippen molar-refractivity contribution in [1.29, 1.82) is 0 Å². The maximum absolute atomic E-state index is 9.87. The van der Waals surface area contributed by atoms with Crippen molar-refractivity contribution in [2.24, 2.45) is 0 Å². The highest BCUT2D eigenvalue weighted by Crippen LogP contribution is 2.12. The summed E-state index contributed by atoms with van der Waals surface area (Å²) in [6.07, 6.45) is 3.80. The SMILES string of the molecule is O=CCOC1CCCCO1. The number of hydrogen-bond acceptors (Lipinski definition) is 3. The molecule has 1 heterocycles. The molecule has 0 bridgehead atoms. The van der Waals surface area contributed by atoms with Crippen molar-refractivity contribution in [2.45, 2.75) is 25.6 Å². The van der Waals surface area contributed by atoms with E-state index >= 15 is 0 Å². The van der Waals surface area contributed by atoms with Crippen molar-refractivity contribution in [1.82, 2.24) is 0 Å². The van der Waals surface area contributed by atoms with Gasteiger partial charge in [0.1, 0.15) is 12.9 Å². The second-order valence-electron chi connectivity index (χ2n) is 2.30. The van der Waals surface area contributed by atoms with Gasteiger partial charge in [-0.3, -0.25) is 0 Å². The highest BCUT2D eigenvalue weighted by molar-refractivity contribution is 5.50. The second kappa shape index (κ2) is 4.41. The molecule has 1 atom stereocenters. The highest BCUT2D eigenvalue weighted by atomic mass is 16.7. The minimum atomic E-state index is -0.126. The molecule has 10 heavy (non-hydrogen) atoms. The van der Waals surface area contributed by atoms with Crippen LogP contribution in [-0.4, -0.2) is 25.8 Å². The van der Waals surface area contributed by atoms with Gasteiger partial charge in [0.05, 0.1) is 0 Å². The summed E-state index contributed by atoms with van der Waals surface area (Å²) in [6.45, 7) is 0.925. The Balaban J connectivity index is 2.07. The van der Waals surface area contributed by atoms with E-state index in [2.05, 4.69) is 0 Å². The largest absolute Gasteiger partial charge is 0.353 e. The lowest BCUT2D eigenvalue weighted by Crippen LogP contribution is -2.22. The van der Waals surface area contributed by atoms with Crippen molar-refractivity contribution >= 4 is 6.29 Å². The number of carbonyl (C=O) groups excluding carboxylic acids is 1. The van der Waals surface area contributed by atoms with E-state index in [9.17, 15) is 4.79 Å². The fourth-order valence-corrected chi connectivity index (χ4v) is 0.989. The number of rotatable bonds is 3. The van der Waals surface area contributed by atoms with E-state index in [1.807, 2.05) is 0 Å². The van der Waals surface area contributed by atoms with E-state index in [0.29, 0.717) is 0 Å². The van der Waals surface area contributed by atoms with Gasteiger partial charge in [0.15, 0.2) is 6.29 Å². The van der Waals surface area contributed by atoms with E-state index in [4.69, 9.17) is 9.47 Å². The predicted molar refractivity (Wildman–Crippen MR) is 35.6 cm³/mol. The normalized spacial score (nSPS) is 26.2. The molecule has 1 rings (SSSR count). The van der Waals surface area contributed by atoms with Gasteiger partial charge in [-0.05, 0) is 19.3 Å². The molecule has 1 aliphatic rings. The monoisotopic (exact) mass is 144 g/mol. The Kier molecular flexibility index (Phi) is 3.40. The maximum atomic E-state index is 9.87. The zero-order valence-electron chi connectivity index (χ0n) is 5.91. The van der Waals surface area contributed by atoms with E-state index in [1.165, 1.54) is 0 Å². The van der Waals surface area contributed by atoms with Crippen LogP contribution in [0, 0.1) is 0 Å². The van der Waals surface area contributed by atoms with Gasteiger partial charge < -0.3 is 14.3 Å². The Bertz CT molecular complexity index is 97.0. The summed E-state index contributed by atoms with van der Waals surface area (Å²) in [5.41, 5.74) is 0. The standard InChI is InChI=1S/C7H12O3/c8-4-6-10-7-3-1-2-5-9-7/h4,7H,1-3,5-6H2. The van der Waals surface area contributed by atoms with Crippen LogP contribution in [0.3, 0.4) is 0 Å². The van der Waals surface area contributed by atoms with Crippen LogP contribution >= 0.6 is 0 Å². The molecule has 0 amide bonds. The first-order valence-corrected chi connectivity index (χ1v) is 3.60. The molecule has 0 spiro atoms. The molecule has 0 N–H and O–H groups in total. The fourth-order valence-electron chi connectivity index (χ4n) is 0.989. The Hall–Kier alpha value is -0.410. The van der Waals surface area contributed by atoms with Gasteiger partial charge in [-0.2, -0.15) is 0 Å². The Labute approximate surface area is 60.3 Å². The molecule has 1 unspecified atom stereocenters. The second-order valence-corrected chi connectivity index (χ2v) is 2.30. The summed E-state index contributed by atoms with van der Waals surface area (Å²) in [7, 11) is 0. The van der Waals surface area contributed by atoms with Crippen LogP contribution in [0.5, 0.6) is 0 Å². The van der Waals surface area contributed by atoms with Gasteiger partial charge in [-0.25, -0.2) is 0 Å². The summed E-state index contributed by atoms with van der Waals surface area (Å²) in [5, 5.41) is 0. The van der Waals surface area contributed by atoms with Gasteiger partial charge in [0, 0.05) is 6.61 Å². The topological polar surface area (TPSA) is 35.5 Å². The van der Waals surface area contributed by atoms with E-state index < -0.39 is 0 Å². The van der Waals surface area contributed by atoms with Gasteiger partial charge in [-0.15, -0.1) is 0 Å². The van der Waals surface area contributed by atoms with Gasteiger partial charge in [-0.1, -0.05) is 0 Å². The molecule has 0 aliphatic carbocycles. The summed E-state index contributed by atoms with van der Waals surface area (Å²) in [6, 6.07) is 0. The van der Waals surface area contributed by atoms with Gasteiger partial charge in [0.25, 0.3) is 0 Å². The Morgan fingerprint density at radius 3 is 3.10 bits per heavy atom. The molecule has 1 fully saturated rings. The molecule has 0 aromatic rings. The van der Waals surface area contributed by atoms with Crippen LogP contribution in [0.15, 0.2) is 0 Å². The lowest BCUT2D eigenvalue weighted by atomic mass is 10.2. The molecule has 3 heteroatoms. The molecule has 0 saturated carbocycles. The predicted octanol–water partition coefficient (Wildman–Crippen LogP) is 0.729. The first-order chi connectivity index (χ1) is 4.93. The van der Waals surface area contributed by atoms with Crippen molar-refractivity contribution in [3.05, 3.63) is 0 Å². The van der Waals surface area contributed by atoms with Crippen molar-refractivity contribution in [2.75, 3.05) is 13.2 Å². The van der Waals surface area contributed by atoms with E-state index in [-0.39, 0.29) is 12.9 Å². The quantitative estimate of drug-likeness (QED) is 0.548. The van der Waals surface area contributed by atoms with Crippen molar-refractivity contribution < 1.29 is 14.3 Å². The molecular formula is C7H12O3. The van der Waals surface area contributed by atoms with Crippen LogP contribution in [0.1, 0.15) is 19.3 Å². The zero-order chi connectivity index (χ0) is 7.23. The molecule has 0 aromatic carbocycles. The number of ether oxygens (including phenoxy) is 2. The Morgan fingerprint density at radius 2 is 2.50 bits per heavy atom. The average Bonchev–Trinajstić information content (AvgIpc) is 2.03. The van der Waals surface area contributed by atoms with Crippen molar-refractivity contribution in [3.63, 3.8) is 0 Å². The minimum Gasteiger partial charge on any atom is -0.353 e. The molecule has 3 nitrogen and oxygen atoms in total. The third-order valence-corrected chi connectivity index (χ3v) is 1.49. The first-order valence-electron chi connectivity index (χ1n) is 3.60. The van der Waals surface area contributed by atoms with Crippen LogP contribution in [0.4, 0.5) is 0 Å². The minimum absolute atomic E-state index is 0.126. The van der Waals surface area contributed by atoms with Crippen LogP contribution in [-0.2, 0) is 14.3 Å². The lowest BCUT2D eigenvalue weighted by Gasteiger charge is -2.21. The number of aldehydes is 1. The lowest BCUT2D eigenvalue weighted by molar-refractivity contribution is -0.164. The van der Waals surface area contributed by atoms with Crippen molar-refractivity contribution in [3.8, 4) is 0 Å². The molecule has 58 valence electrons. The molecule has 1 saturated heterocycles.